The minimum absolute atomic E-state index is 0.0269. The van der Waals surface area contributed by atoms with Gasteiger partial charge in [0.25, 0.3) is 0 Å². The lowest BCUT2D eigenvalue weighted by atomic mass is 10.1. The van der Waals surface area contributed by atoms with E-state index in [0.717, 1.165) is 21.8 Å². The fraction of sp³-hybridized carbons (Fsp3) is 0.125. The van der Waals surface area contributed by atoms with Gasteiger partial charge in [-0.2, -0.15) is 0 Å². The fourth-order valence-electron chi connectivity index (χ4n) is 1.98. The van der Waals surface area contributed by atoms with Crippen LogP contribution in [0.1, 0.15) is 16.7 Å². The highest BCUT2D eigenvalue weighted by molar-refractivity contribution is 6.36. The van der Waals surface area contributed by atoms with Gasteiger partial charge in [-0.1, -0.05) is 35.9 Å². The van der Waals surface area contributed by atoms with E-state index in [1.54, 1.807) is 6.07 Å². The Labute approximate surface area is 123 Å². The van der Waals surface area contributed by atoms with Gasteiger partial charge >= 0.3 is 0 Å². The highest BCUT2D eigenvalue weighted by Crippen LogP contribution is 2.19. The molecule has 2 rings (SSSR count). The third-order valence-electron chi connectivity index (χ3n) is 3.11. The van der Waals surface area contributed by atoms with E-state index in [2.05, 4.69) is 5.32 Å². The molecule has 0 aliphatic carbocycles. The Balaban J connectivity index is 2.19. The summed E-state index contributed by atoms with van der Waals surface area (Å²) >= 11 is 5.93. The Morgan fingerprint density at radius 3 is 2.75 bits per heavy atom. The Hall–Kier alpha value is -2.13. The second-order valence-electron chi connectivity index (χ2n) is 4.50. The van der Waals surface area contributed by atoms with E-state index in [0.29, 0.717) is 18.4 Å². The van der Waals surface area contributed by atoms with E-state index in [1.807, 2.05) is 43.3 Å². The number of hydrogen-bond acceptors (Lipinski definition) is 3. The molecule has 0 heterocycles. The van der Waals surface area contributed by atoms with Gasteiger partial charge in [0, 0.05) is 22.8 Å². The molecule has 0 spiro atoms. The van der Waals surface area contributed by atoms with Crippen LogP contribution >= 0.6 is 11.6 Å². The first kappa shape index (κ1) is 14.3. The highest BCUT2D eigenvalue weighted by atomic mass is 35.5. The predicted molar refractivity (Wildman–Crippen MR) is 82.9 cm³/mol. The summed E-state index contributed by atoms with van der Waals surface area (Å²) in [5.41, 5.74) is 3.59. The zero-order valence-electron chi connectivity index (χ0n) is 11.1. The lowest BCUT2D eigenvalue weighted by Gasteiger charge is -2.12. The predicted octanol–water partition coefficient (Wildman–Crippen LogP) is 3.83. The van der Waals surface area contributed by atoms with Crippen LogP contribution in [-0.4, -0.2) is 12.0 Å². The maximum atomic E-state index is 10.8. The first-order valence-electron chi connectivity index (χ1n) is 6.24. The standard InChI is InChI=1S/C16H15ClN2O/c1-11-8-13(17)7-6-12(11)9-19-16-5-3-2-4-14(16)15(18)10-20/h2-8,10,18-19H,9H2,1H3. The number of benzene rings is 2. The zero-order chi connectivity index (χ0) is 14.5. The number of hydrogen-bond donors (Lipinski definition) is 2. The molecule has 0 bridgehead atoms. The van der Waals surface area contributed by atoms with Gasteiger partial charge in [0.1, 0.15) is 5.71 Å². The van der Waals surface area contributed by atoms with Crippen molar-refractivity contribution in [1.29, 1.82) is 5.41 Å². The molecular formula is C16H15ClN2O. The van der Waals surface area contributed by atoms with E-state index < -0.39 is 0 Å². The maximum absolute atomic E-state index is 10.8. The zero-order valence-corrected chi connectivity index (χ0v) is 11.9. The molecule has 0 saturated heterocycles. The van der Waals surface area contributed by atoms with Gasteiger partial charge in [-0.25, -0.2) is 0 Å². The summed E-state index contributed by atoms with van der Waals surface area (Å²) in [5.74, 6) is 0. The molecular weight excluding hydrogens is 272 g/mol. The van der Waals surface area contributed by atoms with Gasteiger partial charge < -0.3 is 5.32 Å². The fourth-order valence-corrected chi connectivity index (χ4v) is 2.21. The number of carbonyl (C=O) groups excluding carboxylic acids is 1. The average Bonchev–Trinajstić information content (AvgIpc) is 2.46. The van der Waals surface area contributed by atoms with Crippen molar-refractivity contribution in [2.45, 2.75) is 13.5 Å². The SMILES string of the molecule is Cc1cc(Cl)ccc1CNc1ccccc1C(=N)C=O. The molecule has 0 amide bonds. The largest absolute Gasteiger partial charge is 0.380 e. The third-order valence-corrected chi connectivity index (χ3v) is 3.34. The first-order chi connectivity index (χ1) is 9.61. The van der Waals surface area contributed by atoms with E-state index in [1.165, 1.54) is 0 Å². The molecule has 0 fully saturated rings. The summed E-state index contributed by atoms with van der Waals surface area (Å²) in [6.45, 7) is 2.62. The number of anilines is 1. The van der Waals surface area contributed by atoms with Gasteiger partial charge in [-0.05, 0) is 36.2 Å². The molecule has 0 atom stereocenters. The minimum Gasteiger partial charge on any atom is -0.380 e. The van der Waals surface area contributed by atoms with Crippen LogP contribution in [0.3, 0.4) is 0 Å². The van der Waals surface area contributed by atoms with Crippen molar-refractivity contribution in [2.24, 2.45) is 0 Å². The van der Waals surface area contributed by atoms with Crippen molar-refractivity contribution in [3.05, 3.63) is 64.2 Å². The van der Waals surface area contributed by atoms with Crippen molar-refractivity contribution >= 4 is 29.3 Å². The van der Waals surface area contributed by atoms with Crippen LogP contribution in [0.5, 0.6) is 0 Å². The molecule has 0 aliphatic rings. The lowest BCUT2D eigenvalue weighted by molar-refractivity contribution is -0.102. The summed E-state index contributed by atoms with van der Waals surface area (Å²) in [6, 6.07) is 13.0. The van der Waals surface area contributed by atoms with Crippen molar-refractivity contribution < 1.29 is 4.79 Å². The number of carbonyl (C=O) groups is 1. The molecule has 0 aromatic heterocycles. The van der Waals surface area contributed by atoms with Crippen molar-refractivity contribution in [2.75, 3.05) is 5.32 Å². The van der Waals surface area contributed by atoms with Gasteiger partial charge in [0.05, 0.1) is 0 Å². The van der Waals surface area contributed by atoms with Gasteiger partial charge in [-0.15, -0.1) is 0 Å². The van der Waals surface area contributed by atoms with Crippen LogP contribution in [0.4, 0.5) is 5.69 Å². The van der Waals surface area contributed by atoms with E-state index in [-0.39, 0.29) is 5.71 Å². The number of nitrogens with one attached hydrogen (secondary N) is 2. The number of rotatable bonds is 5. The van der Waals surface area contributed by atoms with E-state index >= 15 is 0 Å². The normalized spacial score (nSPS) is 10.1. The molecule has 4 heteroatoms. The van der Waals surface area contributed by atoms with Gasteiger partial charge in [0.15, 0.2) is 6.29 Å². The second kappa shape index (κ2) is 6.35. The molecule has 2 N–H and O–H groups in total. The molecule has 0 aliphatic heterocycles. The number of para-hydroxylation sites is 1. The van der Waals surface area contributed by atoms with Crippen molar-refractivity contribution in [1.82, 2.24) is 0 Å². The Morgan fingerprint density at radius 1 is 1.30 bits per heavy atom. The minimum atomic E-state index is -0.0269. The summed E-state index contributed by atoms with van der Waals surface area (Å²) in [4.78, 5) is 10.8. The Morgan fingerprint density at radius 2 is 2.05 bits per heavy atom. The molecule has 0 saturated carbocycles. The number of aldehydes is 1. The van der Waals surface area contributed by atoms with Crippen molar-refractivity contribution in [3.63, 3.8) is 0 Å². The summed E-state index contributed by atoms with van der Waals surface area (Å²) in [6.07, 6.45) is 0.550. The Kier molecular flexibility index (Phi) is 4.53. The summed E-state index contributed by atoms with van der Waals surface area (Å²) in [5, 5.41) is 11.6. The van der Waals surface area contributed by atoms with Gasteiger partial charge in [0.2, 0.25) is 0 Å². The molecule has 102 valence electrons. The molecule has 0 radical (unpaired) electrons. The number of halogens is 1. The summed E-state index contributed by atoms with van der Waals surface area (Å²) in [7, 11) is 0. The van der Waals surface area contributed by atoms with E-state index in [4.69, 9.17) is 17.0 Å². The topological polar surface area (TPSA) is 53.0 Å². The van der Waals surface area contributed by atoms with E-state index in [9.17, 15) is 4.79 Å². The first-order valence-corrected chi connectivity index (χ1v) is 6.61. The molecule has 3 nitrogen and oxygen atoms in total. The molecule has 2 aromatic rings. The number of aryl methyl sites for hydroxylation is 1. The molecule has 2 aromatic carbocycles. The van der Waals surface area contributed by atoms with Crippen LogP contribution in [0.25, 0.3) is 0 Å². The monoisotopic (exact) mass is 286 g/mol. The molecule has 0 unspecified atom stereocenters. The second-order valence-corrected chi connectivity index (χ2v) is 4.94. The highest BCUT2D eigenvalue weighted by Gasteiger charge is 2.07. The maximum Gasteiger partial charge on any atom is 0.168 e. The van der Waals surface area contributed by atoms with Crippen molar-refractivity contribution in [3.8, 4) is 0 Å². The van der Waals surface area contributed by atoms with Crippen LogP contribution in [0, 0.1) is 12.3 Å². The van der Waals surface area contributed by atoms with Gasteiger partial charge in [-0.3, -0.25) is 10.2 Å². The average molecular weight is 287 g/mol. The van der Waals surface area contributed by atoms with Crippen LogP contribution in [-0.2, 0) is 11.3 Å². The quantitative estimate of drug-likeness (QED) is 0.648. The summed E-state index contributed by atoms with van der Waals surface area (Å²) < 4.78 is 0. The Bertz CT molecular complexity index is 653. The third kappa shape index (κ3) is 3.25. The lowest BCUT2D eigenvalue weighted by Crippen LogP contribution is -2.08. The van der Waals surface area contributed by atoms with Crippen LogP contribution in [0.2, 0.25) is 5.02 Å². The van der Waals surface area contributed by atoms with Crippen LogP contribution in [0.15, 0.2) is 42.5 Å². The molecule has 20 heavy (non-hydrogen) atoms. The smallest absolute Gasteiger partial charge is 0.168 e. The van der Waals surface area contributed by atoms with Crippen LogP contribution < -0.4 is 5.32 Å².